The molecule has 0 saturated heterocycles. The fourth-order valence-corrected chi connectivity index (χ4v) is 1.87. The van der Waals surface area contributed by atoms with Crippen LogP contribution < -0.4 is 5.32 Å². The largest absolute Gasteiger partial charge is 0.444 e. The number of benzene rings is 1. The third kappa shape index (κ3) is 5.00. The van der Waals surface area contributed by atoms with Crippen molar-refractivity contribution in [3.05, 3.63) is 29.8 Å². The maximum atomic E-state index is 11.6. The molecule has 0 heterocycles. The average molecular weight is 267 g/mol. The van der Waals surface area contributed by atoms with Gasteiger partial charge in [0.05, 0.1) is 6.04 Å². The molecule has 0 spiro atoms. The molecule has 0 aliphatic carbocycles. The molecule has 100 valence electrons. The van der Waals surface area contributed by atoms with Crippen LogP contribution in [0.3, 0.4) is 0 Å². The van der Waals surface area contributed by atoms with E-state index in [2.05, 4.69) is 5.32 Å². The van der Waals surface area contributed by atoms with Gasteiger partial charge in [-0.05, 0) is 51.6 Å². The molecule has 0 aliphatic rings. The number of hydrogen-bond acceptors (Lipinski definition) is 3. The smallest absolute Gasteiger partial charge is 0.408 e. The van der Waals surface area contributed by atoms with Crippen molar-refractivity contribution in [3.63, 3.8) is 0 Å². The summed E-state index contributed by atoms with van der Waals surface area (Å²) in [5.41, 5.74) is 0.602. The number of thioether (sulfide) groups is 1. The van der Waals surface area contributed by atoms with Crippen LogP contribution >= 0.6 is 11.8 Å². The molecule has 1 amide bonds. The van der Waals surface area contributed by atoms with Crippen LogP contribution in [0.5, 0.6) is 0 Å². The van der Waals surface area contributed by atoms with Crippen molar-refractivity contribution in [2.75, 3.05) is 6.26 Å². The Kier molecular flexibility index (Phi) is 5.08. The topological polar surface area (TPSA) is 38.3 Å². The fourth-order valence-electron chi connectivity index (χ4n) is 1.46. The van der Waals surface area contributed by atoms with Crippen molar-refractivity contribution in [3.8, 4) is 0 Å². The molecule has 18 heavy (non-hydrogen) atoms. The molecule has 0 aliphatic heterocycles. The van der Waals surface area contributed by atoms with E-state index in [1.54, 1.807) is 11.8 Å². The molecule has 0 unspecified atom stereocenters. The number of amides is 1. The Morgan fingerprint density at radius 3 is 2.28 bits per heavy atom. The van der Waals surface area contributed by atoms with Crippen LogP contribution in [0.2, 0.25) is 0 Å². The lowest BCUT2D eigenvalue weighted by Crippen LogP contribution is -2.34. The lowest BCUT2D eigenvalue weighted by molar-refractivity contribution is 0.0508. The molecule has 0 saturated carbocycles. The number of carbonyl (C=O) groups is 1. The van der Waals surface area contributed by atoms with Gasteiger partial charge >= 0.3 is 6.09 Å². The van der Waals surface area contributed by atoms with E-state index in [0.717, 1.165) is 5.56 Å². The van der Waals surface area contributed by atoms with Gasteiger partial charge in [0.2, 0.25) is 0 Å². The lowest BCUT2D eigenvalue weighted by atomic mass is 10.1. The number of nitrogens with one attached hydrogen (secondary N) is 1. The zero-order chi connectivity index (χ0) is 13.8. The third-order valence-electron chi connectivity index (χ3n) is 2.35. The molecule has 1 aromatic carbocycles. The van der Waals surface area contributed by atoms with Crippen LogP contribution in [0.15, 0.2) is 29.2 Å². The molecule has 0 aromatic heterocycles. The van der Waals surface area contributed by atoms with E-state index >= 15 is 0 Å². The van der Waals surface area contributed by atoms with Crippen LogP contribution in [0.4, 0.5) is 4.79 Å². The van der Waals surface area contributed by atoms with Crippen LogP contribution in [0, 0.1) is 0 Å². The van der Waals surface area contributed by atoms with Gasteiger partial charge in [0, 0.05) is 4.90 Å². The summed E-state index contributed by atoms with van der Waals surface area (Å²) < 4.78 is 5.22. The van der Waals surface area contributed by atoms with E-state index in [4.69, 9.17) is 4.74 Å². The lowest BCUT2D eigenvalue weighted by Gasteiger charge is -2.22. The monoisotopic (exact) mass is 267 g/mol. The van der Waals surface area contributed by atoms with Gasteiger partial charge in [-0.15, -0.1) is 11.8 Å². The summed E-state index contributed by atoms with van der Waals surface area (Å²) in [6.45, 7) is 7.50. The highest BCUT2D eigenvalue weighted by molar-refractivity contribution is 7.98. The van der Waals surface area contributed by atoms with Gasteiger partial charge in [0.1, 0.15) is 5.60 Å². The Morgan fingerprint density at radius 2 is 1.83 bits per heavy atom. The number of hydrogen-bond donors (Lipinski definition) is 1. The summed E-state index contributed by atoms with van der Waals surface area (Å²) in [5.74, 6) is 0. The van der Waals surface area contributed by atoms with E-state index in [0.29, 0.717) is 0 Å². The minimum atomic E-state index is -0.466. The predicted octanol–water partition coefficient (Wildman–Crippen LogP) is 3.99. The van der Waals surface area contributed by atoms with Crippen molar-refractivity contribution >= 4 is 17.9 Å². The van der Waals surface area contributed by atoms with Crippen LogP contribution in [-0.2, 0) is 4.74 Å². The first-order valence-electron chi connectivity index (χ1n) is 5.95. The number of ether oxygens (including phenoxy) is 1. The Balaban J connectivity index is 2.59. The average Bonchev–Trinajstić information content (AvgIpc) is 2.26. The van der Waals surface area contributed by atoms with Gasteiger partial charge in [0.15, 0.2) is 0 Å². The molecular weight excluding hydrogens is 246 g/mol. The summed E-state index contributed by atoms with van der Waals surface area (Å²) in [7, 11) is 0. The molecule has 3 nitrogen and oxygen atoms in total. The molecule has 1 N–H and O–H groups in total. The van der Waals surface area contributed by atoms with Gasteiger partial charge in [-0.2, -0.15) is 0 Å². The maximum absolute atomic E-state index is 11.6. The minimum Gasteiger partial charge on any atom is -0.444 e. The molecule has 0 fully saturated rings. The SMILES string of the molecule is CSc1ccc([C@@H](C)NC(=O)OC(C)(C)C)cc1. The summed E-state index contributed by atoms with van der Waals surface area (Å²) in [5, 5.41) is 2.82. The van der Waals surface area contributed by atoms with Gasteiger partial charge in [0.25, 0.3) is 0 Å². The zero-order valence-electron chi connectivity index (χ0n) is 11.6. The second-order valence-corrected chi connectivity index (χ2v) is 6.02. The number of alkyl carbamates (subject to hydrolysis) is 1. The molecule has 1 aromatic rings. The molecule has 0 radical (unpaired) electrons. The third-order valence-corrected chi connectivity index (χ3v) is 3.09. The Bertz CT molecular complexity index is 395. The zero-order valence-corrected chi connectivity index (χ0v) is 12.4. The van der Waals surface area contributed by atoms with E-state index in [1.807, 2.05) is 58.2 Å². The highest BCUT2D eigenvalue weighted by Gasteiger charge is 2.18. The van der Waals surface area contributed by atoms with E-state index in [1.165, 1.54) is 4.90 Å². The standard InChI is InChI=1S/C14H21NO2S/c1-10(15-13(16)17-14(2,3)4)11-6-8-12(18-5)9-7-11/h6-10H,1-5H3,(H,15,16)/t10-/m1/s1. The first-order chi connectivity index (χ1) is 8.31. The highest BCUT2D eigenvalue weighted by Crippen LogP contribution is 2.19. The maximum Gasteiger partial charge on any atom is 0.408 e. The van der Waals surface area contributed by atoms with Gasteiger partial charge in [-0.3, -0.25) is 0 Å². The van der Waals surface area contributed by atoms with E-state index in [9.17, 15) is 4.79 Å². The number of rotatable bonds is 3. The van der Waals surface area contributed by atoms with E-state index in [-0.39, 0.29) is 12.1 Å². The first-order valence-corrected chi connectivity index (χ1v) is 7.18. The van der Waals surface area contributed by atoms with Crippen LogP contribution in [-0.4, -0.2) is 18.0 Å². The van der Waals surface area contributed by atoms with Crippen molar-refractivity contribution < 1.29 is 9.53 Å². The van der Waals surface area contributed by atoms with Gasteiger partial charge < -0.3 is 10.1 Å². The molecule has 4 heteroatoms. The van der Waals surface area contributed by atoms with E-state index < -0.39 is 5.60 Å². The molecule has 1 atom stereocenters. The highest BCUT2D eigenvalue weighted by atomic mass is 32.2. The number of carbonyl (C=O) groups excluding carboxylic acids is 1. The van der Waals surface area contributed by atoms with Crippen molar-refractivity contribution in [2.45, 2.75) is 44.2 Å². The molecule has 0 bridgehead atoms. The van der Waals surface area contributed by atoms with Gasteiger partial charge in [-0.25, -0.2) is 4.79 Å². The first kappa shape index (κ1) is 14.9. The second kappa shape index (κ2) is 6.14. The molecular formula is C14H21NO2S. The second-order valence-electron chi connectivity index (χ2n) is 5.14. The van der Waals surface area contributed by atoms with Crippen LogP contribution in [0.25, 0.3) is 0 Å². The predicted molar refractivity (Wildman–Crippen MR) is 76.0 cm³/mol. The Morgan fingerprint density at radius 1 is 1.28 bits per heavy atom. The normalized spacial score (nSPS) is 12.9. The summed E-state index contributed by atoms with van der Waals surface area (Å²) in [6.07, 6.45) is 1.65. The Labute approximate surface area is 113 Å². The van der Waals surface area contributed by atoms with Crippen molar-refractivity contribution in [1.29, 1.82) is 0 Å². The quantitative estimate of drug-likeness (QED) is 0.841. The fraction of sp³-hybridized carbons (Fsp3) is 0.500. The summed E-state index contributed by atoms with van der Waals surface area (Å²) in [4.78, 5) is 12.8. The van der Waals surface area contributed by atoms with Crippen molar-refractivity contribution in [2.24, 2.45) is 0 Å². The summed E-state index contributed by atoms with van der Waals surface area (Å²) in [6, 6.07) is 8.08. The van der Waals surface area contributed by atoms with Crippen molar-refractivity contribution in [1.82, 2.24) is 5.32 Å². The molecule has 1 rings (SSSR count). The Hall–Kier alpha value is -1.16. The summed E-state index contributed by atoms with van der Waals surface area (Å²) >= 11 is 1.70. The minimum absolute atomic E-state index is 0.0595. The van der Waals surface area contributed by atoms with Crippen LogP contribution in [0.1, 0.15) is 39.3 Å². The van der Waals surface area contributed by atoms with Gasteiger partial charge in [-0.1, -0.05) is 12.1 Å².